The Balaban J connectivity index is 1.86. The number of aldehydes is 1. The van der Waals surface area contributed by atoms with Crippen molar-refractivity contribution in [3.63, 3.8) is 0 Å². The van der Waals surface area contributed by atoms with Crippen molar-refractivity contribution < 1.29 is 4.79 Å². The molecule has 26 heavy (non-hydrogen) atoms. The van der Waals surface area contributed by atoms with Crippen molar-refractivity contribution >= 4 is 17.7 Å². The van der Waals surface area contributed by atoms with Crippen molar-refractivity contribution in [2.24, 2.45) is 5.92 Å². The number of hydrogen-bond acceptors (Lipinski definition) is 3. The number of H-pyrrole nitrogens is 1. The van der Waals surface area contributed by atoms with Gasteiger partial charge in [-0.15, -0.1) is 0 Å². The molecule has 3 aromatic rings. The second-order valence-electron chi connectivity index (χ2n) is 6.95. The third-order valence-corrected chi connectivity index (χ3v) is 5.32. The molecule has 4 rings (SSSR count). The summed E-state index contributed by atoms with van der Waals surface area (Å²) in [5.41, 5.74) is 6.46. The fraction of sp³-hybridized carbons (Fsp3) is 0.273. The van der Waals surface area contributed by atoms with Crippen LogP contribution in [0.5, 0.6) is 0 Å². The number of pyridine rings is 1. The monoisotopic (exact) mass is 345 g/mol. The number of aromatic nitrogens is 2. The van der Waals surface area contributed by atoms with Crippen LogP contribution in [0.4, 0.5) is 11.4 Å². The normalized spacial score (nSPS) is 19.0. The maximum Gasteiger partial charge on any atom is 0.127 e. The number of nitrogens with zero attached hydrogens (tertiary/aromatic N) is 1. The van der Waals surface area contributed by atoms with Gasteiger partial charge in [0.15, 0.2) is 0 Å². The summed E-state index contributed by atoms with van der Waals surface area (Å²) in [5.74, 6) is 0.480. The minimum absolute atomic E-state index is 0.0678. The summed E-state index contributed by atoms with van der Waals surface area (Å²) < 4.78 is 0. The van der Waals surface area contributed by atoms with Crippen LogP contribution in [-0.2, 0) is 11.2 Å². The lowest BCUT2D eigenvalue weighted by Gasteiger charge is -2.26. The van der Waals surface area contributed by atoms with Crippen LogP contribution in [-0.4, -0.2) is 16.3 Å². The Morgan fingerprint density at radius 3 is 2.65 bits per heavy atom. The maximum atomic E-state index is 11.9. The molecule has 0 saturated heterocycles. The van der Waals surface area contributed by atoms with Crippen molar-refractivity contribution in [3.8, 4) is 11.3 Å². The summed E-state index contributed by atoms with van der Waals surface area (Å²) in [6, 6.07) is 14.1. The number of rotatable bonds is 5. The maximum absolute atomic E-state index is 11.9. The van der Waals surface area contributed by atoms with Crippen molar-refractivity contribution in [2.75, 3.05) is 5.32 Å². The van der Waals surface area contributed by atoms with E-state index in [1.54, 1.807) is 12.4 Å². The minimum Gasteiger partial charge on any atom is -0.356 e. The average Bonchev–Trinajstić information content (AvgIpc) is 3.07. The Hall–Kier alpha value is -2.88. The highest BCUT2D eigenvalue weighted by Gasteiger charge is 2.32. The highest BCUT2D eigenvalue weighted by molar-refractivity contribution is 5.86. The molecule has 0 aliphatic heterocycles. The number of fused-ring (bicyclic) bond motifs is 1. The molecule has 132 valence electrons. The van der Waals surface area contributed by atoms with Crippen LogP contribution in [0.25, 0.3) is 11.3 Å². The third-order valence-electron chi connectivity index (χ3n) is 5.32. The van der Waals surface area contributed by atoms with Crippen LogP contribution in [0.1, 0.15) is 36.9 Å². The van der Waals surface area contributed by atoms with Gasteiger partial charge in [0, 0.05) is 40.8 Å². The van der Waals surface area contributed by atoms with Gasteiger partial charge in [0.2, 0.25) is 0 Å². The third kappa shape index (κ3) is 3.03. The summed E-state index contributed by atoms with van der Waals surface area (Å²) in [5, 5.41) is 3.57. The van der Waals surface area contributed by atoms with Gasteiger partial charge in [-0.3, -0.25) is 4.98 Å². The summed E-state index contributed by atoms with van der Waals surface area (Å²) in [7, 11) is 0. The highest BCUT2D eigenvalue weighted by Crippen LogP contribution is 2.45. The molecule has 0 spiro atoms. The molecule has 0 amide bonds. The first-order valence-corrected chi connectivity index (χ1v) is 9.22. The number of aromatic amines is 1. The number of benzene rings is 1. The van der Waals surface area contributed by atoms with Crippen LogP contribution in [0.15, 0.2) is 54.9 Å². The molecule has 4 nitrogen and oxygen atoms in total. The molecule has 1 aliphatic carbocycles. The molecule has 2 aromatic heterocycles. The quantitative estimate of drug-likeness (QED) is 0.634. The fourth-order valence-electron chi connectivity index (χ4n) is 3.95. The number of carbonyl (C=O) groups excluding carboxylic acids is 1. The van der Waals surface area contributed by atoms with Crippen LogP contribution in [0.3, 0.4) is 0 Å². The van der Waals surface area contributed by atoms with E-state index in [9.17, 15) is 4.79 Å². The van der Waals surface area contributed by atoms with Gasteiger partial charge < -0.3 is 15.1 Å². The average molecular weight is 345 g/mol. The van der Waals surface area contributed by atoms with Gasteiger partial charge in [0.1, 0.15) is 6.29 Å². The minimum atomic E-state index is -0.0678. The predicted octanol–water partition coefficient (Wildman–Crippen LogP) is 5.08. The largest absolute Gasteiger partial charge is 0.356 e. The number of nitrogens with one attached hydrogen (secondary N) is 2. The zero-order chi connectivity index (χ0) is 17.9. The predicted molar refractivity (Wildman–Crippen MR) is 105 cm³/mol. The molecule has 2 atom stereocenters. The van der Waals surface area contributed by atoms with Gasteiger partial charge in [-0.25, -0.2) is 0 Å². The Morgan fingerprint density at radius 2 is 1.96 bits per heavy atom. The van der Waals surface area contributed by atoms with E-state index >= 15 is 0 Å². The summed E-state index contributed by atoms with van der Waals surface area (Å²) in [4.78, 5) is 19.6. The van der Waals surface area contributed by atoms with Gasteiger partial charge in [0.05, 0.1) is 11.4 Å². The number of hydrogen-bond donors (Lipinski definition) is 2. The zero-order valence-corrected chi connectivity index (χ0v) is 14.9. The van der Waals surface area contributed by atoms with E-state index in [-0.39, 0.29) is 5.92 Å². The number of anilines is 2. The fourth-order valence-corrected chi connectivity index (χ4v) is 3.95. The zero-order valence-electron chi connectivity index (χ0n) is 14.9. The van der Waals surface area contributed by atoms with E-state index in [1.807, 2.05) is 42.5 Å². The second-order valence-corrected chi connectivity index (χ2v) is 6.95. The van der Waals surface area contributed by atoms with Crippen molar-refractivity contribution in [1.82, 2.24) is 9.97 Å². The standard InChI is InChI=1S/C22H23N3O/c1-2-15-12-17(14-26)20-19(13-15)25-21(16-8-10-23-11-9-16)22(20)24-18-6-4-3-5-7-18/h3-11,14-15,17,24-25H,2,12-13H2,1H3. The van der Waals surface area contributed by atoms with Gasteiger partial charge in [-0.1, -0.05) is 31.5 Å². The van der Waals surface area contributed by atoms with Gasteiger partial charge in [0.25, 0.3) is 0 Å². The van der Waals surface area contributed by atoms with Gasteiger partial charge in [-0.2, -0.15) is 0 Å². The first kappa shape index (κ1) is 16.6. The Bertz CT molecular complexity index is 887. The molecular formula is C22H23N3O. The molecular weight excluding hydrogens is 322 g/mol. The molecule has 1 aliphatic rings. The SMILES string of the molecule is CCC1Cc2[nH]c(-c3ccncc3)c(Nc3ccccc3)c2C(C=O)C1. The lowest BCUT2D eigenvalue weighted by Crippen LogP contribution is -2.19. The number of carbonyl (C=O) groups is 1. The van der Waals surface area contributed by atoms with Crippen LogP contribution >= 0.6 is 0 Å². The van der Waals surface area contributed by atoms with E-state index in [0.717, 1.165) is 53.7 Å². The molecule has 0 radical (unpaired) electrons. The molecule has 0 fully saturated rings. The summed E-state index contributed by atoms with van der Waals surface area (Å²) >= 11 is 0. The lowest BCUT2D eigenvalue weighted by atomic mass is 9.79. The molecule has 2 unspecified atom stereocenters. The molecule has 0 bridgehead atoms. The Labute approximate surface area is 153 Å². The summed E-state index contributed by atoms with van der Waals surface area (Å²) in [6.45, 7) is 2.20. The van der Waals surface area contributed by atoms with E-state index in [2.05, 4.69) is 22.2 Å². The first-order chi connectivity index (χ1) is 12.8. The van der Waals surface area contributed by atoms with Gasteiger partial charge >= 0.3 is 0 Å². The molecule has 2 heterocycles. The van der Waals surface area contributed by atoms with Crippen molar-refractivity contribution in [3.05, 3.63) is 66.1 Å². The molecule has 4 heteroatoms. The van der Waals surface area contributed by atoms with Crippen LogP contribution in [0, 0.1) is 5.92 Å². The van der Waals surface area contributed by atoms with Crippen LogP contribution < -0.4 is 5.32 Å². The molecule has 0 saturated carbocycles. The smallest absolute Gasteiger partial charge is 0.127 e. The Kier molecular flexibility index (Phi) is 4.57. The van der Waals surface area contributed by atoms with Gasteiger partial charge in [-0.05, 0) is 43.0 Å². The summed E-state index contributed by atoms with van der Waals surface area (Å²) in [6.07, 6.45) is 7.71. The van der Waals surface area contributed by atoms with Crippen molar-refractivity contribution in [1.29, 1.82) is 0 Å². The van der Waals surface area contributed by atoms with E-state index in [0.29, 0.717) is 5.92 Å². The van der Waals surface area contributed by atoms with Crippen molar-refractivity contribution in [2.45, 2.75) is 32.1 Å². The van der Waals surface area contributed by atoms with Crippen LogP contribution in [0.2, 0.25) is 0 Å². The van der Waals surface area contributed by atoms with E-state index < -0.39 is 0 Å². The first-order valence-electron chi connectivity index (χ1n) is 9.22. The highest BCUT2D eigenvalue weighted by atomic mass is 16.1. The topological polar surface area (TPSA) is 57.8 Å². The van der Waals surface area contributed by atoms with E-state index in [1.165, 1.54) is 5.69 Å². The number of para-hydroxylation sites is 1. The molecule has 1 aromatic carbocycles. The Morgan fingerprint density at radius 1 is 1.19 bits per heavy atom. The lowest BCUT2D eigenvalue weighted by molar-refractivity contribution is -0.109. The molecule has 2 N–H and O–H groups in total. The van der Waals surface area contributed by atoms with E-state index in [4.69, 9.17) is 0 Å². The second kappa shape index (κ2) is 7.16.